The van der Waals surface area contributed by atoms with Crippen molar-refractivity contribution < 1.29 is 0 Å². The summed E-state index contributed by atoms with van der Waals surface area (Å²) in [6.45, 7) is 9.33. The van der Waals surface area contributed by atoms with Crippen LogP contribution in [0.25, 0.3) is 0 Å². The van der Waals surface area contributed by atoms with Crippen molar-refractivity contribution in [2.75, 3.05) is 0 Å². The predicted molar refractivity (Wildman–Crippen MR) is 84.4 cm³/mol. The lowest BCUT2D eigenvalue weighted by Gasteiger charge is -2.27. The number of allylic oxidation sites excluding steroid dienone is 4. The minimum atomic E-state index is -0.297. The quantitative estimate of drug-likeness (QED) is 0.720. The first kappa shape index (κ1) is 13.4. The van der Waals surface area contributed by atoms with Gasteiger partial charge in [-0.2, -0.15) is 0 Å². The van der Waals surface area contributed by atoms with Gasteiger partial charge in [0.05, 0.1) is 9.52 Å². The predicted octanol–water partition coefficient (Wildman–Crippen LogP) is 3.74. The number of benzene rings is 1. The summed E-state index contributed by atoms with van der Waals surface area (Å²) in [6, 6.07) is 11.1. The van der Waals surface area contributed by atoms with E-state index in [1.54, 1.807) is 16.3 Å². The molecule has 0 radical (unpaired) electrons. The third-order valence-corrected chi connectivity index (χ3v) is 6.43. The highest BCUT2D eigenvalue weighted by Crippen LogP contribution is 2.47. The Labute approximate surface area is 114 Å². The first-order chi connectivity index (χ1) is 8.57. The minimum absolute atomic E-state index is 0.297. The van der Waals surface area contributed by atoms with Crippen molar-refractivity contribution in [2.45, 2.75) is 45.6 Å². The molecular weight excluding hydrogens is 232 g/mol. The van der Waals surface area contributed by atoms with Crippen molar-refractivity contribution >= 4 is 14.7 Å². The molecule has 1 atom stereocenters. The second-order valence-electron chi connectivity index (χ2n) is 5.76. The fourth-order valence-electron chi connectivity index (χ4n) is 3.24. The summed E-state index contributed by atoms with van der Waals surface area (Å²) in [4.78, 5) is 0. The van der Waals surface area contributed by atoms with Crippen LogP contribution in [0.5, 0.6) is 0 Å². The fourth-order valence-corrected chi connectivity index (χ4v) is 5.66. The minimum Gasteiger partial charge on any atom is -0.0744 e. The van der Waals surface area contributed by atoms with E-state index in [9.17, 15) is 0 Å². The fraction of sp³-hybridized carbons (Fsp3) is 0.412. The number of hydrogen-bond acceptors (Lipinski definition) is 0. The van der Waals surface area contributed by atoms with Crippen molar-refractivity contribution in [3.8, 4) is 0 Å². The molecule has 0 bridgehead atoms. The largest absolute Gasteiger partial charge is 0.0744 e. The van der Waals surface area contributed by atoms with Crippen LogP contribution in [0.3, 0.4) is 0 Å². The lowest BCUT2D eigenvalue weighted by Crippen LogP contribution is -2.27. The zero-order valence-electron chi connectivity index (χ0n) is 12.1. The summed E-state index contributed by atoms with van der Waals surface area (Å²) in [7, 11) is -0.297. The summed E-state index contributed by atoms with van der Waals surface area (Å²) in [5.74, 6) is 0. The Morgan fingerprint density at radius 3 is 2.39 bits per heavy atom. The van der Waals surface area contributed by atoms with Gasteiger partial charge in [-0.1, -0.05) is 73.0 Å². The molecule has 1 aromatic rings. The summed E-state index contributed by atoms with van der Waals surface area (Å²) in [5, 5.41) is 1.94. The molecule has 0 N–H and O–H groups in total. The monoisotopic (exact) mass is 256 g/mol. The molecule has 0 heterocycles. The van der Waals surface area contributed by atoms with Gasteiger partial charge in [0.15, 0.2) is 0 Å². The molecule has 0 nitrogen and oxygen atoms in total. The lowest BCUT2D eigenvalue weighted by molar-refractivity contribution is 0.779. The maximum absolute atomic E-state index is 2.53. The van der Waals surface area contributed by atoms with Gasteiger partial charge in [0, 0.05) is 5.04 Å². The van der Waals surface area contributed by atoms with Crippen molar-refractivity contribution in [1.29, 1.82) is 0 Å². The van der Waals surface area contributed by atoms with Crippen molar-refractivity contribution in [3.05, 3.63) is 53.1 Å². The van der Waals surface area contributed by atoms with Crippen LogP contribution in [0.15, 0.2) is 53.1 Å². The Kier molecular flexibility index (Phi) is 3.91. The van der Waals surface area contributed by atoms with E-state index in [1.807, 2.05) is 0 Å². The van der Waals surface area contributed by atoms with E-state index in [0.29, 0.717) is 5.04 Å². The molecule has 0 saturated heterocycles. The maximum Gasteiger partial charge on any atom is 0.0702 e. The van der Waals surface area contributed by atoms with E-state index in [4.69, 9.17) is 0 Å². The van der Waals surface area contributed by atoms with Crippen LogP contribution in [0.4, 0.5) is 0 Å². The van der Waals surface area contributed by atoms with Gasteiger partial charge in [0.2, 0.25) is 0 Å². The molecule has 96 valence electrons. The smallest absolute Gasteiger partial charge is 0.0702 e. The van der Waals surface area contributed by atoms with Gasteiger partial charge >= 0.3 is 0 Å². The van der Waals surface area contributed by atoms with Crippen molar-refractivity contribution in [2.24, 2.45) is 0 Å². The van der Waals surface area contributed by atoms with Crippen LogP contribution in [0.1, 0.15) is 40.5 Å². The summed E-state index contributed by atoms with van der Waals surface area (Å²) >= 11 is 0. The molecule has 0 saturated carbocycles. The van der Waals surface area contributed by atoms with Crippen LogP contribution in [0.2, 0.25) is 5.04 Å². The molecular formula is C17H24Si. The van der Waals surface area contributed by atoms with E-state index >= 15 is 0 Å². The maximum atomic E-state index is 2.53. The van der Waals surface area contributed by atoms with Gasteiger partial charge in [-0.3, -0.25) is 0 Å². The molecule has 0 fully saturated rings. The molecule has 18 heavy (non-hydrogen) atoms. The van der Waals surface area contributed by atoms with Crippen molar-refractivity contribution in [3.63, 3.8) is 0 Å². The third-order valence-electron chi connectivity index (χ3n) is 4.18. The van der Waals surface area contributed by atoms with Crippen LogP contribution < -0.4 is 5.19 Å². The van der Waals surface area contributed by atoms with Crippen LogP contribution in [-0.4, -0.2) is 9.52 Å². The average Bonchev–Trinajstić information content (AvgIpc) is 2.55. The zero-order valence-corrected chi connectivity index (χ0v) is 13.5. The van der Waals surface area contributed by atoms with Gasteiger partial charge in [0.25, 0.3) is 0 Å². The molecule has 1 aliphatic carbocycles. The Morgan fingerprint density at radius 2 is 1.78 bits per heavy atom. The molecule has 0 aliphatic heterocycles. The highest BCUT2D eigenvalue weighted by atomic mass is 28.2. The summed E-state index contributed by atoms with van der Waals surface area (Å²) in [5.41, 5.74) is 4.77. The summed E-state index contributed by atoms with van der Waals surface area (Å²) in [6.07, 6.45) is 5.05. The SMILES string of the molecule is CCCC1=C(C)C(C)=CC1(C)[SiH2]c1ccccc1. The standard InChI is InChI=1S/C17H24Si/c1-5-9-16-14(3)13(2)12-17(16,4)18-15-10-7-6-8-11-15/h6-8,10-12H,5,9,18H2,1-4H3. The molecule has 0 aromatic heterocycles. The van der Waals surface area contributed by atoms with Gasteiger partial charge < -0.3 is 0 Å². The molecule has 1 unspecified atom stereocenters. The van der Waals surface area contributed by atoms with E-state index in [1.165, 1.54) is 18.4 Å². The molecule has 2 rings (SSSR count). The second-order valence-corrected chi connectivity index (χ2v) is 8.40. The highest BCUT2D eigenvalue weighted by molar-refractivity contribution is 6.58. The zero-order chi connectivity index (χ0) is 13.2. The second kappa shape index (κ2) is 5.27. The van der Waals surface area contributed by atoms with Crippen molar-refractivity contribution in [1.82, 2.24) is 0 Å². The van der Waals surface area contributed by atoms with E-state index < -0.39 is 0 Å². The Morgan fingerprint density at radius 1 is 1.11 bits per heavy atom. The molecule has 1 aliphatic rings. The summed E-state index contributed by atoms with van der Waals surface area (Å²) < 4.78 is 0. The molecule has 1 heteroatoms. The van der Waals surface area contributed by atoms with Crippen LogP contribution in [-0.2, 0) is 0 Å². The molecule has 1 aromatic carbocycles. The average molecular weight is 256 g/mol. The van der Waals surface area contributed by atoms with Crippen LogP contribution >= 0.6 is 0 Å². The third kappa shape index (κ3) is 2.51. The first-order valence-electron chi connectivity index (χ1n) is 7.01. The van der Waals surface area contributed by atoms with Gasteiger partial charge in [-0.15, -0.1) is 0 Å². The Balaban J connectivity index is 2.30. The number of hydrogen-bond donors (Lipinski definition) is 0. The topological polar surface area (TPSA) is 0 Å². The van der Waals surface area contributed by atoms with E-state index in [0.717, 1.165) is 0 Å². The van der Waals surface area contributed by atoms with E-state index in [-0.39, 0.29) is 9.52 Å². The van der Waals surface area contributed by atoms with Gasteiger partial charge in [-0.05, 0) is 25.8 Å². The molecule has 0 spiro atoms. The lowest BCUT2D eigenvalue weighted by atomic mass is 9.97. The van der Waals surface area contributed by atoms with Gasteiger partial charge in [-0.25, -0.2) is 0 Å². The van der Waals surface area contributed by atoms with E-state index in [2.05, 4.69) is 64.1 Å². The Bertz CT molecular complexity index is 482. The highest BCUT2D eigenvalue weighted by Gasteiger charge is 2.33. The number of rotatable bonds is 4. The first-order valence-corrected chi connectivity index (χ1v) is 8.42. The van der Waals surface area contributed by atoms with Crippen LogP contribution in [0, 0.1) is 0 Å². The van der Waals surface area contributed by atoms with Gasteiger partial charge in [0.1, 0.15) is 0 Å². The molecule has 0 amide bonds. The normalized spacial score (nSPS) is 24.1. The Hall–Kier alpha value is -1.08.